The molecule has 0 radical (unpaired) electrons. The molecule has 2 heterocycles. The van der Waals surface area contributed by atoms with E-state index in [1.807, 2.05) is 16.3 Å². The largest absolute Gasteiger partial charge is 0.250 e. The Balaban J connectivity index is 1.99. The summed E-state index contributed by atoms with van der Waals surface area (Å²) in [7, 11) is 0. The summed E-state index contributed by atoms with van der Waals surface area (Å²) in [5.74, 6) is 0. The van der Waals surface area contributed by atoms with Crippen molar-refractivity contribution in [3.63, 3.8) is 0 Å². The molecular formula is C17H20N4S. The Morgan fingerprint density at radius 1 is 1.23 bits per heavy atom. The lowest BCUT2D eigenvalue weighted by Crippen LogP contribution is -2.13. The van der Waals surface area contributed by atoms with Gasteiger partial charge in [0.1, 0.15) is 6.04 Å². The van der Waals surface area contributed by atoms with E-state index in [-0.39, 0.29) is 6.04 Å². The number of aryl methyl sites for hydroxylation is 2. The third kappa shape index (κ3) is 3.09. The first-order chi connectivity index (χ1) is 10.8. The van der Waals surface area contributed by atoms with Gasteiger partial charge >= 0.3 is 0 Å². The lowest BCUT2D eigenvalue weighted by molar-refractivity contribution is 0.575. The molecular weight excluding hydrogens is 292 g/mol. The highest BCUT2D eigenvalue weighted by Gasteiger charge is 2.21. The molecule has 1 aromatic carbocycles. The summed E-state index contributed by atoms with van der Waals surface area (Å²) in [6, 6.07) is 10.5. The SMILES string of the molecule is CCCCc1cn(C(c2ccccc2)c2scnc2C)nn1. The molecule has 2 aromatic heterocycles. The van der Waals surface area contributed by atoms with Crippen molar-refractivity contribution in [2.45, 2.75) is 39.2 Å². The predicted octanol–water partition coefficient (Wildman–Crippen LogP) is 4.02. The van der Waals surface area contributed by atoms with Crippen LogP contribution in [-0.4, -0.2) is 20.0 Å². The second kappa shape index (κ2) is 6.83. The van der Waals surface area contributed by atoms with Gasteiger partial charge in [0.2, 0.25) is 0 Å². The van der Waals surface area contributed by atoms with Crippen LogP contribution in [0.15, 0.2) is 42.0 Å². The summed E-state index contributed by atoms with van der Waals surface area (Å²) in [4.78, 5) is 5.62. The molecule has 1 atom stereocenters. The summed E-state index contributed by atoms with van der Waals surface area (Å²) in [6.07, 6.45) is 5.38. The maximum absolute atomic E-state index is 4.40. The molecule has 4 nitrogen and oxygen atoms in total. The molecule has 0 spiro atoms. The topological polar surface area (TPSA) is 43.6 Å². The molecule has 0 saturated heterocycles. The Morgan fingerprint density at radius 3 is 2.73 bits per heavy atom. The average molecular weight is 312 g/mol. The van der Waals surface area contributed by atoms with Crippen molar-refractivity contribution in [1.29, 1.82) is 0 Å². The van der Waals surface area contributed by atoms with E-state index in [4.69, 9.17) is 0 Å². The Bertz CT molecular complexity index is 717. The first-order valence-electron chi connectivity index (χ1n) is 7.65. The number of rotatable bonds is 6. The van der Waals surface area contributed by atoms with Gasteiger partial charge in [-0.3, -0.25) is 0 Å². The molecule has 0 aliphatic carbocycles. The van der Waals surface area contributed by atoms with E-state index in [1.165, 1.54) is 16.9 Å². The molecule has 0 N–H and O–H groups in total. The van der Waals surface area contributed by atoms with Crippen LogP contribution in [0.5, 0.6) is 0 Å². The van der Waals surface area contributed by atoms with Crippen molar-refractivity contribution in [3.05, 3.63) is 63.9 Å². The highest BCUT2D eigenvalue weighted by atomic mass is 32.1. The minimum Gasteiger partial charge on any atom is -0.250 e. The van der Waals surface area contributed by atoms with Crippen molar-refractivity contribution in [3.8, 4) is 0 Å². The molecule has 22 heavy (non-hydrogen) atoms. The van der Waals surface area contributed by atoms with Crippen LogP contribution >= 0.6 is 11.3 Å². The molecule has 1 unspecified atom stereocenters. The molecule has 3 rings (SSSR count). The van der Waals surface area contributed by atoms with Crippen LogP contribution in [0.2, 0.25) is 0 Å². The van der Waals surface area contributed by atoms with Gasteiger partial charge in [0.05, 0.1) is 21.8 Å². The molecule has 114 valence electrons. The Kier molecular flexibility index (Phi) is 4.63. The van der Waals surface area contributed by atoms with Gasteiger partial charge in [0.25, 0.3) is 0 Å². The van der Waals surface area contributed by atoms with Gasteiger partial charge in [0.15, 0.2) is 0 Å². The van der Waals surface area contributed by atoms with Gasteiger partial charge in [-0.15, -0.1) is 16.4 Å². The Morgan fingerprint density at radius 2 is 2.05 bits per heavy atom. The van der Waals surface area contributed by atoms with Crippen LogP contribution in [0.25, 0.3) is 0 Å². The average Bonchev–Trinajstić information content (AvgIpc) is 3.17. The van der Waals surface area contributed by atoms with Gasteiger partial charge in [-0.05, 0) is 25.3 Å². The van der Waals surface area contributed by atoms with Crippen LogP contribution in [0.1, 0.15) is 47.6 Å². The van der Waals surface area contributed by atoms with E-state index >= 15 is 0 Å². The van der Waals surface area contributed by atoms with E-state index in [0.29, 0.717) is 0 Å². The second-order valence-electron chi connectivity index (χ2n) is 5.41. The van der Waals surface area contributed by atoms with Gasteiger partial charge in [0, 0.05) is 6.20 Å². The summed E-state index contributed by atoms with van der Waals surface area (Å²) in [5, 5.41) is 8.73. The Labute approximate surface area is 134 Å². The van der Waals surface area contributed by atoms with Crippen LogP contribution in [0.4, 0.5) is 0 Å². The molecule has 0 bridgehead atoms. The van der Waals surface area contributed by atoms with E-state index in [0.717, 1.165) is 24.2 Å². The molecule has 0 amide bonds. The number of unbranched alkanes of at least 4 members (excludes halogenated alkanes) is 1. The molecule has 3 aromatic rings. The summed E-state index contributed by atoms with van der Waals surface area (Å²) in [5.41, 5.74) is 5.23. The maximum atomic E-state index is 4.40. The van der Waals surface area contributed by atoms with Gasteiger partial charge in [-0.25, -0.2) is 9.67 Å². The summed E-state index contributed by atoms with van der Waals surface area (Å²) >= 11 is 1.67. The summed E-state index contributed by atoms with van der Waals surface area (Å²) in [6.45, 7) is 4.24. The van der Waals surface area contributed by atoms with Crippen molar-refractivity contribution >= 4 is 11.3 Å². The zero-order valence-electron chi connectivity index (χ0n) is 12.9. The molecule has 5 heteroatoms. The van der Waals surface area contributed by atoms with E-state index in [2.05, 4.69) is 59.6 Å². The third-order valence-electron chi connectivity index (χ3n) is 3.76. The third-order valence-corrected chi connectivity index (χ3v) is 4.74. The zero-order valence-corrected chi connectivity index (χ0v) is 13.8. The highest BCUT2D eigenvalue weighted by Crippen LogP contribution is 2.31. The van der Waals surface area contributed by atoms with Gasteiger partial charge < -0.3 is 0 Å². The monoisotopic (exact) mass is 312 g/mol. The number of thiazole rings is 1. The molecule has 0 saturated carbocycles. The number of hydrogen-bond acceptors (Lipinski definition) is 4. The number of nitrogens with zero attached hydrogens (tertiary/aromatic N) is 4. The fraction of sp³-hybridized carbons (Fsp3) is 0.353. The van der Waals surface area contributed by atoms with E-state index < -0.39 is 0 Å². The van der Waals surface area contributed by atoms with Crippen LogP contribution in [0.3, 0.4) is 0 Å². The van der Waals surface area contributed by atoms with Gasteiger partial charge in [-0.1, -0.05) is 48.9 Å². The number of benzene rings is 1. The first kappa shape index (κ1) is 14.9. The highest BCUT2D eigenvalue weighted by molar-refractivity contribution is 7.09. The minimum absolute atomic E-state index is 0.0524. The summed E-state index contributed by atoms with van der Waals surface area (Å²) < 4.78 is 1.97. The van der Waals surface area contributed by atoms with Crippen molar-refractivity contribution in [1.82, 2.24) is 20.0 Å². The van der Waals surface area contributed by atoms with Gasteiger partial charge in [-0.2, -0.15) is 0 Å². The van der Waals surface area contributed by atoms with Crippen molar-refractivity contribution in [2.75, 3.05) is 0 Å². The lowest BCUT2D eigenvalue weighted by Gasteiger charge is -2.16. The standard InChI is InChI=1S/C17H20N4S/c1-3-4-10-15-11-21(20-19-15)16(14-8-6-5-7-9-14)17-13(2)18-12-22-17/h5-9,11-12,16H,3-4,10H2,1-2H3. The minimum atomic E-state index is 0.0524. The van der Waals surface area contributed by atoms with Crippen molar-refractivity contribution < 1.29 is 0 Å². The number of aromatic nitrogens is 4. The second-order valence-corrected chi connectivity index (χ2v) is 6.30. The molecule has 0 aliphatic heterocycles. The molecule has 0 fully saturated rings. The fourth-order valence-corrected chi connectivity index (χ4v) is 3.47. The first-order valence-corrected chi connectivity index (χ1v) is 8.53. The van der Waals surface area contributed by atoms with Crippen LogP contribution < -0.4 is 0 Å². The zero-order chi connectivity index (χ0) is 15.4. The fourth-order valence-electron chi connectivity index (χ4n) is 2.54. The molecule has 0 aliphatic rings. The maximum Gasteiger partial charge on any atom is 0.115 e. The number of hydrogen-bond donors (Lipinski definition) is 0. The van der Waals surface area contributed by atoms with Crippen molar-refractivity contribution in [2.24, 2.45) is 0 Å². The van der Waals surface area contributed by atoms with E-state index in [9.17, 15) is 0 Å². The predicted molar refractivity (Wildman–Crippen MR) is 89.2 cm³/mol. The smallest absolute Gasteiger partial charge is 0.115 e. The lowest BCUT2D eigenvalue weighted by atomic mass is 10.0. The van der Waals surface area contributed by atoms with Crippen LogP contribution in [0, 0.1) is 6.92 Å². The Hall–Kier alpha value is -2.01. The van der Waals surface area contributed by atoms with Crippen LogP contribution in [-0.2, 0) is 6.42 Å². The van der Waals surface area contributed by atoms with E-state index in [1.54, 1.807) is 11.3 Å². The normalized spacial score (nSPS) is 12.5. The quantitative estimate of drug-likeness (QED) is 0.690.